The average molecular weight is 541 g/mol. The van der Waals surface area contributed by atoms with E-state index in [1.165, 1.54) is 20.9 Å². The number of thiophene rings is 1. The van der Waals surface area contributed by atoms with E-state index in [1.807, 2.05) is 28.4 Å². The number of nitrogens with zero attached hydrogens (tertiary/aromatic N) is 2. The van der Waals surface area contributed by atoms with Crippen LogP contribution in [0.15, 0.2) is 41.4 Å². The van der Waals surface area contributed by atoms with Gasteiger partial charge in [-0.15, -0.1) is 35.3 Å². The third-order valence-corrected chi connectivity index (χ3v) is 6.07. The Morgan fingerprint density at radius 1 is 1.20 bits per heavy atom. The Hall–Kier alpha value is -1.61. The molecule has 2 aromatic rings. The van der Waals surface area contributed by atoms with Crippen molar-refractivity contribution in [2.75, 3.05) is 13.1 Å². The third kappa shape index (κ3) is 7.27. The molecule has 1 aromatic heterocycles. The number of aryl methyl sites for hydroxylation is 1. The summed E-state index contributed by atoms with van der Waals surface area (Å²) in [5, 5.41) is 6.79. The van der Waals surface area contributed by atoms with E-state index in [4.69, 9.17) is 0 Å². The number of rotatable bonds is 8. The molecule has 3 rings (SSSR count). The zero-order valence-corrected chi connectivity index (χ0v) is 21.3. The average Bonchev–Trinajstić information content (AvgIpc) is 3.31. The Bertz CT molecular complexity index is 826. The molecule has 1 atom stereocenters. The largest absolute Gasteiger partial charge is 0.357 e. The minimum Gasteiger partial charge on any atom is -0.357 e. The van der Waals surface area contributed by atoms with Gasteiger partial charge in [0.15, 0.2) is 5.96 Å². The number of amides is 1. The number of carbonyl (C=O) groups is 1. The number of hydrogen-bond acceptors (Lipinski definition) is 3. The number of hydrogen-bond donors (Lipinski definition) is 2. The van der Waals surface area contributed by atoms with E-state index in [0.29, 0.717) is 19.0 Å². The normalized spacial score (nSPS) is 14.1. The van der Waals surface area contributed by atoms with Crippen molar-refractivity contribution in [2.45, 2.75) is 59.2 Å². The van der Waals surface area contributed by atoms with Gasteiger partial charge in [-0.1, -0.05) is 24.3 Å². The Morgan fingerprint density at radius 2 is 1.90 bits per heavy atom. The van der Waals surface area contributed by atoms with Crippen LogP contribution in [-0.4, -0.2) is 35.9 Å². The first kappa shape index (κ1) is 24.7. The van der Waals surface area contributed by atoms with Crippen LogP contribution < -0.4 is 10.6 Å². The van der Waals surface area contributed by atoms with Crippen molar-refractivity contribution in [2.24, 2.45) is 4.99 Å². The highest BCUT2D eigenvalue weighted by atomic mass is 127. The standard InChI is InChI=1S/C23H32N4OS.HI/c1-4-24-23(26-17(2)14-21-12-11-18(3)29-21)25-13-7-10-22(28)27-15-19-8-5-6-9-20(19)16-27;/h5-6,8-9,11-12,17H,4,7,10,13-16H2,1-3H3,(H2,24,25,26);1H. The molecule has 1 aliphatic rings. The van der Waals surface area contributed by atoms with E-state index < -0.39 is 0 Å². The van der Waals surface area contributed by atoms with Crippen LogP contribution in [0, 0.1) is 6.92 Å². The molecule has 5 nitrogen and oxygen atoms in total. The molecule has 0 saturated heterocycles. The molecule has 0 saturated carbocycles. The molecule has 0 fully saturated rings. The maximum Gasteiger partial charge on any atom is 0.223 e. The van der Waals surface area contributed by atoms with E-state index in [0.717, 1.165) is 38.4 Å². The molecule has 0 aliphatic carbocycles. The van der Waals surface area contributed by atoms with Gasteiger partial charge in [-0.25, -0.2) is 0 Å². The summed E-state index contributed by atoms with van der Waals surface area (Å²) in [5.74, 6) is 1.05. The number of halogens is 1. The van der Waals surface area contributed by atoms with Crippen molar-refractivity contribution < 1.29 is 4.79 Å². The summed E-state index contributed by atoms with van der Waals surface area (Å²) < 4.78 is 0. The third-order valence-electron chi connectivity index (χ3n) is 5.04. The molecule has 0 bridgehead atoms. The number of nitrogens with one attached hydrogen (secondary N) is 2. The molecular weight excluding hydrogens is 507 g/mol. The maximum atomic E-state index is 12.5. The van der Waals surface area contributed by atoms with Gasteiger partial charge in [0, 0.05) is 54.8 Å². The molecule has 30 heavy (non-hydrogen) atoms. The van der Waals surface area contributed by atoms with Crippen molar-refractivity contribution in [1.29, 1.82) is 0 Å². The van der Waals surface area contributed by atoms with E-state index >= 15 is 0 Å². The zero-order valence-electron chi connectivity index (χ0n) is 18.1. The predicted octanol–water partition coefficient (Wildman–Crippen LogP) is 4.48. The second kappa shape index (κ2) is 12.3. The Balaban J connectivity index is 0.00000320. The van der Waals surface area contributed by atoms with E-state index in [-0.39, 0.29) is 29.9 Å². The fourth-order valence-electron chi connectivity index (χ4n) is 3.59. The highest BCUT2D eigenvalue weighted by molar-refractivity contribution is 14.0. The minimum atomic E-state index is 0. The first-order valence-electron chi connectivity index (χ1n) is 10.5. The van der Waals surface area contributed by atoms with Crippen LogP contribution in [0.2, 0.25) is 0 Å². The Morgan fingerprint density at radius 3 is 2.50 bits per heavy atom. The second-order valence-electron chi connectivity index (χ2n) is 7.64. The molecule has 1 aliphatic heterocycles. The van der Waals surface area contributed by atoms with Gasteiger partial charge >= 0.3 is 0 Å². The van der Waals surface area contributed by atoms with Gasteiger partial charge < -0.3 is 15.5 Å². The lowest BCUT2D eigenvalue weighted by Crippen LogP contribution is -2.43. The number of guanidine groups is 1. The number of fused-ring (bicyclic) bond motifs is 1. The maximum absolute atomic E-state index is 12.5. The fraction of sp³-hybridized carbons (Fsp3) is 0.478. The topological polar surface area (TPSA) is 56.7 Å². The van der Waals surface area contributed by atoms with Gasteiger partial charge in [0.05, 0.1) is 0 Å². The molecule has 1 unspecified atom stereocenters. The molecule has 0 radical (unpaired) electrons. The van der Waals surface area contributed by atoms with Gasteiger partial charge in [0.2, 0.25) is 5.91 Å². The summed E-state index contributed by atoms with van der Waals surface area (Å²) in [6.45, 7) is 9.33. The lowest BCUT2D eigenvalue weighted by molar-refractivity contribution is -0.131. The molecule has 1 amide bonds. The fourth-order valence-corrected chi connectivity index (χ4v) is 4.61. The number of carbonyl (C=O) groups excluding carboxylic acids is 1. The lowest BCUT2D eigenvalue weighted by Gasteiger charge is -2.17. The van der Waals surface area contributed by atoms with Crippen LogP contribution in [-0.2, 0) is 24.3 Å². The monoisotopic (exact) mass is 540 g/mol. The van der Waals surface area contributed by atoms with Gasteiger partial charge in [0.1, 0.15) is 0 Å². The first-order chi connectivity index (χ1) is 14.0. The summed E-state index contributed by atoms with van der Waals surface area (Å²) in [4.78, 5) is 21.9. The molecule has 7 heteroatoms. The van der Waals surface area contributed by atoms with Gasteiger partial charge in [-0.3, -0.25) is 9.79 Å². The first-order valence-corrected chi connectivity index (χ1v) is 11.3. The van der Waals surface area contributed by atoms with Gasteiger partial charge in [-0.2, -0.15) is 0 Å². The van der Waals surface area contributed by atoms with Gasteiger partial charge in [-0.05, 0) is 50.5 Å². The van der Waals surface area contributed by atoms with Crippen molar-refractivity contribution in [1.82, 2.24) is 15.5 Å². The summed E-state index contributed by atoms with van der Waals surface area (Å²) in [5.41, 5.74) is 2.54. The Labute approximate surface area is 201 Å². The summed E-state index contributed by atoms with van der Waals surface area (Å²) in [6.07, 6.45) is 2.29. The van der Waals surface area contributed by atoms with Crippen molar-refractivity contribution in [3.63, 3.8) is 0 Å². The predicted molar refractivity (Wildman–Crippen MR) is 137 cm³/mol. The highest BCUT2D eigenvalue weighted by Crippen LogP contribution is 2.23. The van der Waals surface area contributed by atoms with Crippen LogP contribution in [0.5, 0.6) is 0 Å². The van der Waals surface area contributed by atoms with Crippen molar-refractivity contribution >= 4 is 47.2 Å². The summed E-state index contributed by atoms with van der Waals surface area (Å²) in [7, 11) is 0. The number of aliphatic imine (C=N–C) groups is 1. The van der Waals surface area contributed by atoms with E-state index in [2.05, 4.69) is 60.7 Å². The Kier molecular flexibility index (Phi) is 10.1. The van der Waals surface area contributed by atoms with Gasteiger partial charge in [0.25, 0.3) is 0 Å². The number of benzene rings is 1. The summed E-state index contributed by atoms with van der Waals surface area (Å²) in [6, 6.07) is 13.0. The van der Waals surface area contributed by atoms with E-state index in [1.54, 1.807) is 0 Å². The minimum absolute atomic E-state index is 0. The summed E-state index contributed by atoms with van der Waals surface area (Å²) >= 11 is 1.85. The quantitative estimate of drug-likeness (QED) is 0.225. The van der Waals surface area contributed by atoms with Crippen LogP contribution >= 0.6 is 35.3 Å². The molecule has 2 heterocycles. The molecule has 2 N–H and O–H groups in total. The molecular formula is C23H33IN4OS. The molecule has 164 valence electrons. The lowest BCUT2D eigenvalue weighted by atomic mass is 10.1. The van der Waals surface area contributed by atoms with Crippen LogP contribution in [0.3, 0.4) is 0 Å². The van der Waals surface area contributed by atoms with Crippen molar-refractivity contribution in [3.8, 4) is 0 Å². The van der Waals surface area contributed by atoms with Crippen LogP contribution in [0.25, 0.3) is 0 Å². The van der Waals surface area contributed by atoms with Crippen LogP contribution in [0.4, 0.5) is 0 Å². The zero-order chi connectivity index (χ0) is 20.6. The van der Waals surface area contributed by atoms with Crippen LogP contribution in [0.1, 0.15) is 47.6 Å². The second-order valence-corrected chi connectivity index (χ2v) is 9.02. The highest BCUT2D eigenvalue weighted by Gasteiger charge is 2.22. The smallest absolute Gasteiger partial charge is 0.223 e. The SMILES string of the molecule is CCNC(=NCCCC(=O)N1Cc2ccccc2C1)NC(C)Cc1ccc(C)s1.I. The van der Waals surface area contributed by atoms with Crippen molar-refractivity contribution in [3.05, 3.63) is 57.3 Å². The molecule has 1 aromatic carbocycles. The molecule has 0 spiro atoms. The van der Waals surface area contributed by atoms with E-state index in [9.17, 15) is 4.79 Å².